The second-order valence-corrected chi connectivity index (χ2v) is 8.35. The number of hydrogen-bond acceptors (Lipinski definition) is 4. The Balaban J connectivity index is 1.75. The van der Waals surface area contributed by atoms with Gasteiger partial charge in [-0.25, -0.2) is 17.1 Å². The Morgan fingerprint density at radius 3 is 2.46 bits per heavy atom. The van der Waals surface area contributed by atoms with E-state index >= 15 is 0 Å². The predicted octanol–water partition coefficient (Wildman–Crippen LogP) is 3.77. The van der Waals surface area contributed by atoms with Gasteiger partial charge in [0.1, 0.15) is 5.82 Å². The SMILES string of the molecule is O=S(=O)(c1ccc(F)cc1)N1CCN=C1SCc1ccc(Cl)cc1. The van der Waals surface area contributed by atoms with Gasteiger partial charge in [0.25, 0.3) is 10.0 Å². The molecule has 0 atom stereocenters. The zero-order valence-electron chi connectivity index (χ0n) is 12.5. The molecule has 1 aliphatic heterocycles. The van der Waals surface area contributed by atoms with Crippen molar-refractivity contribution < 1.29 is 12.8 Å². The maximum atomic E-state index is 13.0. The molecule has 0 saturated carbocycles. The Kier molecular flexibility index (Phi) is 5.12. The summed E-state index contributed by atoms with van der Waals surface area (Å²) in [6, 6.07) is 12.2. The molecule has 0 radical (unpaired) electrons. The van der Waals surface area contributed by atoms with Crippen LogP contribution in [0.15, 0.2) is 58.4 Å². The molecule has 4 nitrogen and oxygen atoms in total. The first-order valence-corrected chi connectivity index (χ1v) is 9.97. The van der Waals surface area contributed by atoms with Crippen LogP contribution in [0.3, 0.4) is 0 Å². The van der Waals surface area contributed by atoms with Crippen molar-refractivity contribution >= 4 is 38.6 Å². The molecule has 0 aliphatic carbocycles. The first kappa shape index (κ1) is 17.3. The normalized spacial score (nSPS) is 14.8. The molecular weight excluding hydrogens is 371 g/mol. The Bertz CT molecular complexity index is 853. The second kappa shape index (κ2) is 7.13. The van der Waals surface area contributed by atoms with Crippen molar-refractivity contribution in [1.82, 2.24) is 4.31 Å². The molecule has 0 fully saturated rings. The molecule has 8 heteroatoms. The van der Waals surface area contributed by atoms with E-state index in [-0.39, 0.29) is 4.90 Å². The van der Waals surface area contributed by atoms with E-state index in [1.807, 2.05) is 12.1 Å². The molecule has 1 aliphatic rings. The number of thioether (sulfide) groups is 1. The van der Waals surface area contributed by atoms with Crippen molar-refractivity contribution in [3.8, 4) is 0 Å². The van der Waals surface area contributed by atoms with Gasteiger partial charge in [-0.1, -0.05) is 35.5 Å². The Hall–Kier alpha value is -1.57. The predicted molar refractivity (Wildman–Crippen MR) is 95.3 cm³/mol. The summed E-state index contributed by atoms with van der Waals surface area (Å²) in [4.78, 5) is 4.35. The van der Waals surface area contributed by atoms with E-state index in [1.165, 1.54) is 28.2 Å². The average Bonchev–Trinajstić information content (AvgIpc) is 3.04. The number of halogens is 2. The molecule has 1 heterocycles. The van der Waals surface area contributed by atoms with E-state index in [9.17, 15) is 12.8 Å². The fourth-order valence-corrected chi connectivity index (χ4v) is 5.02. The van der Waals surface area contributed by atoms with Gasteiger partial charge < -0.3 is 0 Å². The van der Waals surface area contributed by atoms with Gasteiger partial charge in [0.05, 0.1) is 18.0 Å². The third kappa shape index (κ3) is 3.74. The highest BCUT2D eigenvalue weighted by atomic mass is 35.5. The summed E-state index contributed by atoms with van der Waals surface area (Å²) in [6.45, 7) is 0.714. The molecule has 3 rings (SSSR count). The largest absolute Gasteiger partial charge is 0.265 e. The van der Waals surface area contributed by atoms with Gasteiger partial charge in [0, 0.05) is 10.8 Å². The quantitative estimate of drug-likeness (QED) is 0.806. The number of rotatable bonds is 4. The number of hydrogen-bond donors (Lipinski definition) is 0. The summed E-state index contributed by atoms with van der Waals surface area (Å²) in [5.74, 6) is 0.118. The lowest BCUT2D eigenvalue weighted by atomic mass is 10.2. The molecule has 0 spiro atoms. The Morgan fingerprint density at radius 2 is 1.79 bits per heavy atom. The number of nitrogens with zero attached hydrogens (tertiary/aromatic N) is 2. The summed E-state index contributed by atoms with van der Waals surface area (Å²) < 4.78 is 39.7. The van der Waals surface area contributed by atoms with Gasteiger partial charge >= 0.3 is 0 Å². The van der Waals surface area contributed by atoms with Gasteiger partial charge in [-0.2, -0.15) is 0 Å². The Labute approximate surface area is 149 Å². The van der Waals surface area contributed by atoms with Gasteiger partial charge in [0.15, 0.2) is 5.17 Å². The lowest BCUT2D eigenvalue weighted by Gasteiger charge is -2.19. The van der Waals surface area contributed by atoms with Crippen LogP contribution in [0.2, 0.25) is 5.02 Å². The molecule has 0 unspecified atom stereocenters. The van der Waals surface area contributed by atoms with Crippen LogP contribution in [0, 0.1) is 5.82 Å². The molecule has 0 aromatic heterocycles. The van der Waals surface area contributed by atoms with Gasteiger partial charge in [-0.05, 0) is 42.0 Å². The first-order valence-electron chi connectivity index (χ1n) is 7.17. The summed E-state index contributed by atoms with van der Waals surface area (Å²) in [5.41, 5.74) is 1.03. The van der Waals surface area contributed by atoms with Gasteiger partial charge in [0.2, 0.25) is 0 Å². The highest BCUT2D eigenvalue weighted by Crippen LogP contribution is 2.26. The van der Waals surface area contributed by atoms with Crippen LogP contribution in [0.25, 0.3) is 0 Å². The van der Waals surface area contributed by atoms with Crippen LogP contribution in [0.5, 0.6) is 0 Å². The maximum absolute atomic E-state index is 13.0. The monoisotopic (exact) mass is 384 g/mol. The lowest BCUT2D eigenvalue weighted by Crippen LogP contribution is -2.32. The van der Waals surface area contributed by atoms with Crippen molar-refractivity contribution in [2.24, 2.45) is 4.99 Å². The van der Waals surface area contributed by atoms with Crippen LogP contribution in [0.4, 0.5) is 4.39 Å². The standard InChI is InChI=1S/C16H14ClFN2O2S2/c17-13-3-1-12(2-4-13)11-23-16-19-9-10-20(16)24(21,22)15-7-5-14(18)6-8-15/h1-8H,9-11H2. The zero-order chi connectivity index (χ0) is 17.2. The van der Waals surface area contributed by atoms with Crippen molar-refractivity contribution in [3.05, 3.63) is 64.9 Å². The van der Waals surface area contributed by atoms with E-state index in [0.717, 1.165) is 17.7 Å². The molecular formula is C16H14ClFN2O2S2. The lowest BCUT2D eigenvalue weighted by molar-refractivity contribution is 0.539. The van der Waals surface area contributed by atoms with Crippen LogP contribution < -0.4 is 0 Å². The molecule has 126 valence electrons. The van der Waals surface area contributed by atoms with E-state index in [1.54, 1.807) is 12.1 Å². The molecule has 2 aromatic carbocycles. The van der Waals surface area contributed by atoms with E-state index in [0.29, 0.717) is 29.0 Å². The first-order chi connectivity index (χ1) is 11.5. The van der Waals surface area contributed by atoms with Crippen LogP contribution in [-0.2, 0) is 15.8 Å². The summed E-state index contributed by atoms with van der Waals surface area (Å²) in [6.07, 6.45) is 0. The van der Waals surface area contributed by atoms with Crippen LogP contribution >= 0.6 is 23.4 Å². The van der Waals surface area contributed by atoms with Crippen LogP contribution in [-0.4, -0.2) is 31.0 Å². The molecule has 0 saturated heterocycles. The summed E-state index contributed by atoms with van der Waals surface area (Å²) in [7, 11) is -3.72. The fraction of sp³-hybridized carbons (Fsp3) is 0.188. The maximum Gasteiger partial charge on any atom is 0.265 e. The third-order valence-electron chi connectivity index (χ3n) is 3.45. The molecule has 2 aromatic rings. The number of sulfonamides is 1. The average molecular weight is 385 g/mol. The van der Waals surface area contributed by atoms with Gasteiger partial charge in [-0.15, -0.1) is 0 Å². The minimum atomic E-state index is -3.72. The van der Waals surface area contributed by atoms with Gasteiger partial charge in [-0.3, -0.25) is 4.99 Å². The van der Waals surface area contributed by atoms with Crippen molar-refractivity contribution in [2.75, 3.05) is 13.1 Å². The topological polar surface area (TPSA) is 49.7 Å². The second-order valence-electron chi connectivity index (χ2n) is 5.11. The third-order valence-corrected chi connectivity index (χ3v) is 6.70. The van der Waals surface area contributed by atoms with E-state index in [4.69, 9.17) is 11.6 Å². The molecule has 0 bridgehead atoms. The summed E-state index contributed by atoms with van der Waals surface area (Å²) >= 11 is 7.21. The minimum Gasteiger partial charge on any atom is -0.260 e. The zero-order valence-corrected chi connectivity index (χ0v) is 14.9. The van der Waals surface area contributed by atoms with Crippen molar-refractivity contribution in [1.29, 1.82) is 0 Å². The molecule has 0 N–H and O–H groups in total. The highest BCUT2D eigenvalue weighted by molar-refractivity contribution is 8.14. The van der Waals surface area contributed by atoms with E-state index in [2.05, 4.69) is 4.99 Å². The fourth-order valence-electron chi connectivity index (χ4n) is 2.21. The van der Waals surface area contributed by atoms with Crippen LogP contribution in [0.1, 0.15) is 5.56 Å². The smallest absolute Gasteiger partial charge is 0.260 e. The Morgan fingerprint density at radius 1 is 1.12 bits per heavy atom. The van der Waals surface area contributed by atoms with Crippen molar-refractivity contribution in [3.63, 3.8) is 0 Å². The minimum absolute atomic E-state index is 0.0607. The summed E-state index contributed by atoms with van der Waals surface area (Å²) in [5, 5.41) is 1.11. The van der Waals surface area contributed by atoms with Crippen molar-refractivity contribution in [2.45, 2.75) is 10.6 Å². The number of benzene rings is 2. The number of amidine groups is 1. The molecule has 24 heavy (non-hydrogen) atoms. The van der Waals surface area contributed by atoms with E-state index < -0.39 is 15.8 Å². The molecule has 0 amide bonds. The highest BCUT2D eigenvalue weighted by Gasteiger charge is 2.30. The number of aliphatic imine (C=N–C) groups is 1.